The van der Waals surface area contributed by atoms with Gasteiger partial charge in [0.2, 0.25) is 11.8 Å². The largest absolute Gasteiger partial charge is 0.357 e. The molecular weight excluding hydrogens is 602 g/mol. The standard InChI is InChI=1S/C32H32BrN3O4S/c1-24-12-9-10-15-26(24)22-35(30(32(38)34-2)20-25-13-5-3-6-14-25)31(37)23-36(28-17-11-16-27(33)21-28)41(39,40)29-18-7-4-8-19-29/h3-19,21,30H,20,22-23H2,1-2H3,(H,34,38). The summed E-state index contributed by atoms with van der Waals surface area (Å²) < 4.78 is 29.6. The average molecular weight is 635 g/mol. The molecule has 0 saturated heterocycles. The van der Waals surface area contributed by atoms with Gasteiger partial charge in [-0.15, -0.1) is 0 Å². The summed E-state index contributed by atoms with van der Waals surface area (Å²) in [4.78, 5) is 29.1. The third-order valence-corrected chi connectivity index (χ3v) is 9.11. The fourth-order valence-corrected chi connectivity index (χ4v) is 6.39. The van der Waals surface area contributed by atoms with Gasteiger partial charge in [0.25, 0.3) is 10.0 Å². The predicted octanol–water partition coefficient (Wildman–Crippen LogP) is 5.34. The Kier molecular flexibility index (Phi) is 9.96. The van der Waals surface area contributed by atoms with Crippen LogP contribution in [0.2, 0.25) is 0 Å². The second-order valence-corrected chi connectivity index (χ2v) is 12.4. The summed E-state index contributed by atoms with van der Waals surface area (Å²) in [7, 11) is -2.59. The first kappa shape index (κ1) is 30.0. The Morgan fingerprint density at radius 2 is 1.49 bits per heavy atom. The van der Waals surface area contributed by atoms with Crippen LogP contribution in [-0.4, -0.2) is 44.8 Å². The minimum Gasteiger partial charge on any atom is -0.357 e. The highest BCUT2D eigenvalue weighted by Gasteiger charge is 2.34. The minimum absolute atomic E-state index is 0.0605. The van der Waals surface area contributed by atoms with Crippen molar-refractivity contribution >= 4 is 43.5 Å². The molecule has 41 heavy (non-hydrogen) atoms. The molecule has 4 aromatic rings. The zero-order valence-electron chi connectivity index (χ0n) is 22.9. The third-order valence-electron chi connectivity index (χ3n) is 6.83. The smallest absolute Gasteiger partial charge is 0.264 e. The van der Waals surface area contributed by atoms with Gasteiger partial charge in [0.05, 0.1) is 10.6 Å². The maximum atomic E-state index is 14.3. The van der Waals surface area contributed by atoms with Gasteiger partial charge in [-0.25, -0.2) is 8.42 Å². The Balaban J connectivity index is 1.79. The molecule has 0 aliphatic heterocycles. The number of anilines is 1. The number of benzene rings is 4. The topological polar surface area (TPSA) is 86.8 Å². The van der Waals surface area contributed by atoms with Gasteiger partial charge >= 0.3 is 0 Å². The Bertz CT molecular complexity index is 1600. The maximum Gasteiger partial charge on any atom is 0.264 e. The summed E-state index contributed by atoms with van der Waals surface area (Å²) in [5.74, 6) is -0.840. The molecule has 0 aliphatic rings. The summed E-state index contributed by atoms with van der Waals surface area (Å²) >= 11 is 3.42. The Morgan fingerprint density at radius 1 is 0.854 bits per heavy atom. The van der Waals surface area contributed by atoms with Gasteiger partial charge in [-0.2, -0.15) is 0 Å². The number of likely N-dealkylation sites (N-methyl/N-ethyl adjacent to an activating group) is 1. The van der Waals surface area contributed by atoms with Crippen molar-refractivity contribution in [2.24, 2.45) is 0 Å². The molecule has 0 radical (unpaired) electrons. The lowest BCUT2D eigenvalue weighted by Crippen LogP contribution is -2.53. The number of amides is 2. The zero-order valence-corrected chi connectivity index (χ0v) is 25.3. The molecule has 4 rings (SSSR count). The second-order valence-electron chi connectivity index (χ2n) is 9.57. The number of halogens is 1. The van der Waals surface area contributed by atoms with Gasteiger partial charge in [0.1, 0.15) is 12.6 Å². The summed E-state index contributed by atoms with van der Waals surface area (Å²) in [6.45, 7) is 1.58. The molecule has 0 spiro atoms. The molecule has 0 heterocycles. The highest BCUT2D eigenvalue weighted by Crippen LogP contribution is 2.27. The zero-order chi connectivity index (χ0) is 29.4. The number of carbonyl (C=O) groups excluding carboxylic acids is 2. The SMILES string of the molecule is CNC(=O)C(Cc1ccccc1)N(Cc1ccccc1C)C(=O)CN(c1cccc(Br)c1)S(=O)(=O)c1ccccc1. The predicted molar refractivity (Wildman–Crippen MR) is 165 cm³/mol. The van der Waals surface area contributed by atoms with Crippen LogP contribution in [0.25, 0.3) is 0 Å². The van der Waals surface area contributed by atoms with Crippen LogP contribution in [0.3, 0.4) is 0 Å². The molecule has 0 aliphatic carbocycles. The van der Waals surface area contributed by atoms with Crippen molar-refractivity contribution in [1.29, 1.82) is 0 Å². The van der Waals surface area contributed by atoms with Gasteiger partial charge in [-0.05, 0) is 53.9 Å². The maximum absolute atomic E-state index is 14.3. The third kappa shape index (κ3) is 7.42. The number of carbonyl (C=O) groups is 2. The number of hydrogen-bond acceptors (Lipinski definition) is 4. The first-order chi connectivity index (χ1) is 19.7. The summed E-state index contributed by atoms with van der Waals surface area (Å²) in [5, 5.41) is 2.70. The Hall–Kier alpha value is -3.95. The summed E-state index contributed by atoms with van der Waals surface area (Å²) in [6.07, 6.45) is 0.264. The number of sulfonamides is 1. The monoisotopic (exact) mass is 633 g/mol. The van der Waals surface area contributed by atoms with Gasteiger partial charge in [0, 0.05) is 24.5 Å². The van der Waals surface area contributed by atoms with Crippen LogP contribution in [-0.2, 0) is 32.6 Å². The average Bonchev–Trinajstić information content (AvgIpc) is 2.99. The number of nitrogens with one attached hydrogen (secondary N) is 1. The van der Waals surface area contributed by atoms with E-state index in [1.54, 1.807) is 42.5 Å². The normalized spacial score (nSPS) is 11.9. The van der Waals surface area contributed by atoms with Gasteiger partial charge in [0.15, 0.2) is 0 Å². The first-order valence-corrected chi connectivity index (χ1v) is 15.4. The van der Waals surface area contributed by atoms with Crippen LogP contribution in [0, 0.1) is 6.92 Å². The van der Waals surface area contributed by atoms with Crippen LogP contribution >= 0.6 is 15.9 Å². The van der Waals surface area contributed by atoms with Crippen molar-refractivity contribution in [2.45, 2.75) is 30.8 Å². The van der Waals surface area contributed by atoms with Crippen molar-refractivity contribution in [1.82, 2.24) is 10.2 Å². The molecule has 9 heteroatoms. The van der Waals surface area contributed by atoms with Gasteiger partial charge in [-0.1, -0.05) is 94.8 Å². The Morgan fingerprint density at radius 3 is 2.12 bits per heavy atom. The molecule has 0 fully saturated rings. The number of hydrogen-bond donors (Lipinski definition) is 1. The molecule has 4 aromatic carbocycles. The van der Waals surface area contributed by atoms with E-state index in [1.165, 1.54) is 24.1 Å². The number of rotatable bonds is 11. The second kappa shape index (κ2) is 13.6. The van der Waals surface area contributed by atoms with Crippen molar-refractivity contribution in [3.05, 3.63) is 130 Å². The Labute approximate surface area is 250 Å². The highest BCUT2D eigenvalue weighted by atomic mass is 79.9. The molecule has 1 atom stereocenters. The summed E-state index contributed by atoms with van der Waals surface area (Å²) in [5.41, 5.74) is 3.03. The van der Waals surface area contributed by atoms with Crippen molar-refractivity contribution in [2.75, 3.05) is 17.9 Å². The van der Waals surface area contributed by atoms with Crippen LogP contribution in [0.5, 0.6) is 0 Å². The van der Waals surface area contributed by atoms with E-state index in [-0.39, 0.29) is 23.8 Å². The van der Waals surface area contributed by atoms with Crippen molar-refractivity contribution in [3.8, 4) is 0 Å². The van der Waals surface area contributed by atoms with E-state index in [1.807, 2.05) is 61.5 Å². The van der Waals surface area contributed by atoms with Crippen molar-refractivity contribution in [3.63, 3.8) is 0 Å². The lowest BCUT2D eigenvalue weighted by atomic mass is 10.0. The molecule has 7 nitrogen and oxygen atoms in total. The van der Waals surface area contributed by atoms with Crippen LogP contribution < -0.4 is 9.62 Å². The molecule has 0 bridgehead atoms. The fraction of sp³-hybridized carbons (Fsp3) is 0.188. The van der Waals surface area contributed by atoms with E-state index in [9.17, 15) is 18.0 Å². The molecular formula is C32H32BrN3O4S. The minimum atomic E-state index is -4.13. The van der Waals surface area contributed by atoms with E-state index < -0.39 is 28.5 Å². The van der Waals surface area contributed by atoms with E-state index in [4.69, 9.17) is 0 Å². The van der Waals surface area contributed by atoms with Gasteiger partial charge < -0.3 is 10.2 Å². The molecule has 1 N–H and O–H groups in total. The van der Waals surface area contributed by atoms with Crippen molar-refractivity contribution < 1.29 is 18.0 Å². The number of nitrogens with zero attached hydrogens (tertiary/aromatic N) is 2. The molecule has 212 valence electrons. The van der Waals surface area contributed by atoms with Gasteiger partial charge in [-0.3, -0.25) is 13.9 Å². The van der Waals surface area contributed by atoms with Crippen LogP contribution in [0.4, 0.5) is 5.69 Å². The first-order valence-electron chi connectivity index (χ1n) is 13.1. The molecule has 0 aromatic heterocycles. The lowest BCUT2D eigenvalue weighted by molar-refractivity contribution is -0.139. The van der Waals surface area contributed by atoms with E-state index >= 15 is 0 Å². The summed E-state index contributed by atoms with van der Waals surface area (Å²) in [6, 6.07) is 31.0. The number of aryl methyl sites for hydroxylation is 1. The molecule has 1 unspecified atom stereocenters. The van der Waals surface area contributed by atoms with E-state index in [0.717, 1.165) is 21.0 Å². The molecule has 2 amide bonds. The van der Waals surface area contributed by atoms with Crippen LogP contribution in [0.15, 0.2) is 119 Å². The van der Waals surface area contributed by atoms with Crippen LogP contribution in [0.1, 0.15) is 16.7 Å². The quantitative estimate of drug-likeness (QED) is 0.242. The van der Waals surface area contributed by atoms with E-state index in [0.29, 0.717) is 10.2 Å². The lowest BCUT2D eigenvalue weighted by Gasteiger charge is -2.34. The molecule has 0 saturated carbocycles. The fourth-order valence-electron chi connectivity index (χ4n) is 4.57. The highest BCUT2D eigenvalue weighted by molar-refractivity contribution is 9.10. The van der Waals surface area contributed by atoms with E-state index in [2.05, 4.69) is 21.2 Å².